The number of aliphatic hydroxyl groups excluding tert-OH is 1. The van der Waals surface area contributed by atoms with Crippen molar-refractivity contribution < 1.29 is 5.11 Å². The van der Waals surface area contributed by atoms with E-state index in [1.165, 1.54) is 35.1 Å². The number of aliphatic hydroxyl groups is 1. The van der Waals surface area contributed by atoms with E-state index in [1.54, 1.807) is 0 Å². The quantitative estimate of drug-likeness (QED) is 0.878. The minimum absolute atomic E-state index is 0.101. The Bertz CT molecular complexity index is 707. The second-order valence-electron chi connectivity index (χ2n) is 7.45. The molecule has 1 atom stereocenters. The van der Waals surface area contributed by atoms with Crippen LogP contribution in [-0.4, -0.2) is 29.2 Å². The third-order valence-electron chi connectivity index (χ3n) is 5.74. The lowest BCUT2D eigenvalue weighted by atomic mass is 10.0. The highest BCUT2D eigenvalue weighted by atomic mass is 16.3. The highest BCUT2D eigenvalue weighted by Crippen LogP contribution is 2.31. The number of nitrogens with one attached hydrogen (secondary N) is 1. The Hall–Kier alpha value is -1.68. The zero-order valence-electron chi connectivity index (χ0n) is 14.8. The smallest absolute Gasteiger partial charge is 0.0564 e. The van der Waals surface area contributed by atoms with Crippen LogP contribution in [0.15, 0.2) is 48.5 Å². The van der Waals surface area contributed by atoms with Crippen molar-refractivity contribution in [3.8, 4) is 0 Å². The average molecular weight is 336 g/mol. The molecule has 2 aliphatic rings. The van der Waals surface area contributed by atoms with E-state index in [4.69, 9.17) is 0 Å². The van der Waals surface area contributed by atoms with Gasteiger partial charge in [0.15, 0.2) is 0 Å². The summed E-state index contributed by atoms with van der Waals surface area (Å²) < 4.78 is 0. The molecule has 2 N–H and O–H groups in total. The van der Waals surface area contributed by atoms with E-state index in [-0.39, 0.29) is 6.10 Å². The normalized spacial score (nSPS) is 21.4. The van der Waals surface area contributed by atoms with Crippen molar-refractivity contribution in [2.24, 2.45) is 0 Å². The first-order valence-corrected chi connectivity index (χ1v) is 9.58. The Labute approximate surface area is 150 Å². The molecule has 132 valence electrons. The van der Waals surface area contributed by atoms with Gasteiger partial charge in [0.05, 0.1) is 6.10 Å². The molecule has 0 amide bonds. The largest absolute Gasteiger partial charge is 0.393 e. The van der Waals surface area contributed by atoms with E-state index in [0.717, 1.165) is 39.0 Å². The Morgan fingerprint density at radius 2 is 1.64 bits per heavy atom. The monoisotopic (exact) mass is 336 g/mol. The number of piperidine rings is 1. The van der Waals surface area contributed by atoms with E-state index < -0.39 is 0 Å². The Kier molecular flexibility index (Phi) is 5.16. The Balaban J connectivity index is 1.40. The lowest BCUT2D eigenvalue weighted by Gasteiger charge is -2.30. The number of likely N-dealkylation sites (tertiary alicyclic amines) is 1. The van der Waals surface area contributed by atoms with Gasteiger partial charge in [0.25, 0.3) is 0 Å². The molecule has 2 aromatic carbocycles. The molecule has 0 radical (unpaired) electrons. The molecule has 0 spiro atoms. The lowest BCUT2D eigenvalue weighted by molar-refractivity contribution is 0.0791. The minimum Gasteiger partial charge on any atom is -0.393 e. The topological polar surface area (TPSA) is 35.5 Å². The van der Waals surface area contributed by atoms with Crippen LogP contribution < -0.4 is 5.32 Å². The fourth-order valence-corrected chi connectivity index (χ4v) is 4.20. The number of nitrogens with zero attached hydrogens (tertiary/aromatic N) is 1. The van der Waals surface area contributed by atoms with Gasteiger partial charge in [-0.25, -0.2) is 0 Å². The number of fused-ring (bicyclic) bond motifs is 1. The first-order valence-electron chi connectivity index (χ1n) is 9.58. The first kappa shape index (κ1) is 16.8. The summed E-state index contributed by atoms with van der Waals surface area (Å²) in [6.45, 7) is 3.91. The molecule has 0 aromatic heterocycles. The summed E-state index contributed by atoms with van der Waals surface area (Å²) >= 11 is 0. The summed E-state index contributed by atoms with van der Waals surface area (Å²) in [5.74, 6) is 0. The van der Waals surface area contributed by atoms with Crippen LogP contribution in [-0.2, 0) is 19.5 Å². The van der Waals surface area contributed by atoms with Gasteiger partial charge >= 0.3 is 0 Å². The maximum Gasteiger partial charge on any atom is 0.0564 e. The van der Waals surface area contributed by atoms with Crippen LogP contribution >= 0.6 is 0 Å². The van der Waals surface area contributed by atoms with Crippen molar-refractivity contribution in [2.45, 2.75) is 50.9 Å². The molecule has 2 aromatic rings. The SMILES string of the molecule is OC1CCN(Cc2ccccc2CNC2CCc3ccccc32)CC1. The molecule has 4 rings (SSSR count). The fraction of sp³-hybridized carbons (Fsp3) is 0.455. The molecule has 1 fully saturated rings. The fourth-order valence-electron chi connectivity index (χ4n) is 4.20. The van der Waals surface area contributed by atoms with Crippen LogP contribution in [0.1, 0.15) is 47.6 Å². The summed E-state index contributed by atoms with van der Waals surface area (Å²) in [6, 6.07) is 18.1. The van der Waals surface area contributed by atoms with Gasteiger partial charge in [-0.1, -0.05) is 48.5 Å². The molecule has 1 heterocycles. The highest BCUT2D eigenvalue weighted by Gasteiger charge is 2.22. The van der Waals surface area contributed by atoms with Gasteiger partial charge in [-0.2, -0.15) is 0 Å². The summed E-state index contributed by atoms with van der Waals surface area (Å²) in [7, 11) is 0. The van der Waals surface area contributed by atoms with Gasteiger partial charge < -0.3 is 10.4 Å². The second kappa shape index (κ2) is 7.69. The predicted molar refractivity (Wildman–Crippen MR) is 101 cm³/mol. The summed E-state index contributed by atoms with van der Waals surface area (Å²) in [6.07, 6.45) is 4.09. The van der Waals surface area contributed by atoms with Gasteiger partial charge in [-0.15, -0.1) is 0 Å². The van der Waals surface area contributed by atoms with E-state index in [2.05, 4.69) is 58.7 Å². The molecular weight excluding hydrogens is 308 g/mol. The maximum absolute atomic E-state index is 9.70. The van der Waals surface area contributed by atoms with E-state index in [1.807, 2.05) is 0 Å². The van der Waals surface area contributed by atoms with Crippen molar-refractivity contribution in [2.75, 3.05) is 13.1 Å². The van der Waals surface area contributed by atoms with Crippen molar-refractivity contribution in [1.82, 2.24) is 10.2 Å². The number of hydrogen-bond acceptors (Lipinski definition) is 3. The average Bonchev–Trinajstić information content (AvgIpc) is 3.06. The highest BCUT2D eigenvalue weighted by molar-refractivity contribution is 5.35. The Morgan fingerprint density at radius 1 is 0.920 bits per heavy atom. The van der Waals surface area contributed by atoms with Gasteiger partial charge in [-0.05, 0) is 47.9 Å². The van der Waals surface area contributed by atoms with E-state index in [9.17, 15) is 5.11 Å². The summed E-state index contributed by atoms with van der Waals surface area (Å²) in [5.41, 5.74) is 5.79. The summed E-state index contributed by atoms with van der Waals surface area (Å²) in [4.78, 5) is 2.47. The van der Waals surface area contributed by atoms with Crippen LogP contribution in [0.5, 0.6) is 0 Å². The van der Waals surface area contributed by atoms with Gasteiger partial charge in [0, 0.05) is 32.2 Å². The van der Waals surface area contributed by atoms with Gasteiger partial charge in [0.1, 0.15) is 0 Å². The molecular formula is C22H28N2O. The Morgan fingerprint density at radius 3 is 2.48 bits per heavy atom. The first-order chi connectivity index (χ1) is 12.3. The lowest BCUT2D eigenvalue weighted by Crippen LogP contribution is -2.35. The molecule has 25 heavy (non-hydrogen) atoms. The zero-order valence-corrected chi connectivity index (χ0v) is 14.8. The molecule has 0 bridgehead atoms. The van der Waals surface area contributed by atoms with Crippen molar-refractivity contribution in [3.05, 3.63) is 70.8 Å². The van der Waals surface area contributed by atoms with Crippen LogP contribution in [0.4, 0.5) is 0 Å². The molecule has 1 aliphatic heterocycles. The predicted octanol–water partition coefficient (Wildman–Crippen LogP) is 3.42. The molecule has 1 unspecified atom stereocenters. The van der Waals surface area contributed by atoms with Gasteiger partial charge in [0.2, 0.25) is 0 Å². The van der Waals surface area contributed by atoms with Crippen LogP contribution in [0.3, 0.4) is 0 Å². The third-order valence-corrected chi connectivity index (χ3v) is 5.74. The minimum atomic E-state index is -0.101. The van der Waals surface area contributed by atoms with E-state index >= 15 is 0 Å². The summed E-state index contributed by atoms with van der Waals surface area (Å²) in [5, 5.41) is 13.5. The number of hydrogen-bond donors (Lipinski definition) is 2. The molecule has 3 nitrogen and oxygen atoms in total. The number of rotatable bonds is 5. The standard InChI is InChI=1S/C22H28N2O/c25-20-11-13-24(14-12-20)16-19-7-2-1-6-18(19)15-23-22-10-9-17-5-3-4-8-21(17)22/h1-8,20,22-23,25H,9-16H2. The number of benzene rings is 2. The zero-order chi connectivity index (χ0) is 17.1. The van der Waals surface area contributed by atoms with Crippen molar-refractivity contribution >= 4 is 0 Å². The van der Waals surface area contributed by atoms with Crippen LogP contribution in [0.2, 0.25) is 0 Å². The second-order valence-corrected chi connectivity index (χ2v) is 7.45. The van der Waals surface area contributed by atoms with Crippen LogP contribution in [0.25, 0.3) is 0 Å². The molecule has 1 saturated heterocycles. The molecule has 0 saturated carbocycles. The van der Waals surface area contributed by atoms with E-state index in [0.29, 0.717) is 6.04 Å². The third kappa shape index (κ3) is 3.95. The molecule has 3 heteroatoms. The maximum atomic E-state index is 9.70. The number of aryl methyl sites for hydroxylation is 1. The van der Waals surface area contributed by atoms with Crippen LogP contribution in [0, 0.1) is 0 Å². The van der Waals surface area contributed by atoms with Crippen molar-refractivity contribution in [3.63, 3.8) is 0 Å². The van der Waals surface area contributed by atoms with Gasteiger partial charge in [-0.3, -0.25) is 4.90 Å². The molecule has 1 aliphatic carbocycles. The van der Waals surface area contributed by atoms with Crippen molar-refractivity contribution in [1.29, 1.82) is 0 Å².